The number of hydrogen-bond donors (Lipinski definition) is 2. The summed E-state index contributed by atoms with van der Waals surface area (Å²) in [5, 5.41) is 12.3. The Morgan fingerprint density at radius 2 is 2.16 bits per heavy atom. The molecule has 1 heterocycles. The van der Waals surface area contributed by atoms with Gasteiger partial charge < -0.3 is 25.0 Å². The molecule has 0 radical (unpaired) electrons. The van der Waals surface area contributed by atoms with Gasteiger partial charge in [0.05, 0.1) is 19.8 Å². The van der Waals surface area contributed by atoms with E-state index in [-0.39, 0.29) is 43.5 Å². The predicted molar refractivity (Wildman–Crippen MR) is 94.6 cm³/mol. The number of hydrogen-bond acceptors (Lipinski definition) is 5. The molecule has 0 unspecified atom stereocenters. The van der Waals surface area contributed by atoms with Crippen LogP contribution in [0, 0.1) is 0 Å². The Kier molecular flexibility index (Phi) is 6.78. The normalized spacial score (nSPS) is 20.0. The number of rotatable bonds is 7. The molecular formula is C18H27N3O4. The lowest BCUT2D eigenvalue weighted by atomic mass is 10.1. The largest absolute Gasteiger partial charge is 0.497 e. The van der Waals surface area contributed by atoms with Crippen LogP contribution in [0.5, 0.6) is 5.75 Å². The van der Waals surface area contributed by atoms with E-state index in [9.17, 15) is 14.7 Å². The highest BCUT2D eigenvalue weighted by molar-refractivity contribution is 5.94. The summed E-state index contributed by atoms with van der Waals surface area (Å²) in [6.07, 6.45) is 0.984. The Morgan fingerprint density at radius 3 is 2.80 bits per heavy atom. The van der Waals surface area contributed by atoms with Crippen LogP contribution in [0.25, 0.3) is 0 Å². The molecule has 2 amide bonds. The third-order valence-corrected chi connectivity index (χ3v) is 4.61. The number of carbonyl (C=O) groups is 2. The second kappa shape index (κ2) is 8.82. The highest BCUT2D eigenvalue weighted by Crippen LogP contribution is 2.21. The molecule has 1 saturated heterocycles. The van der Waals surface area contributed by atoms with E-state index in [0.29, 0.717) is 17.9 Å². The molecule has 25 heavy (non-hydrogen) atoms. The zero-order chi connectivity index (χ0) is 18.4. The van der Waals surface area contributed by atoms with Gasteiger partial charge in [0.1, 0.15) is 5.75 Å². The third kappa shape index (κ3) is 4.93. The van der Waals surface area contributed by atoms with Crippen LogP contribution < -0.4 is 10.1 Å². The molecule has 0 aliphatic carbocycles. The van der Waals surface area contributed by atoms with Crippen molar-refractivity contribution in [3.05, 3.63) is 29.8 Å². The lowest BCUT2D eigenvalue weighted by molar-refractivity contribution is -0.132. The fourth-order valence-corrected chi connectivity index (χ4v) is 3.04. The Balaban J connectivity index is 1.84. The molecule has 1 aliphatic rings. The van der Waals surface area contributed by atoms with Crippen molar-refractivity contribution in [2.45, 2.75) is 24.9 Å². The van der Waals surface area contributed by atoms with Gasteiger partial charge in [0.25, 0.3) is 5.91 Å². The molecule has 7 heteroatoms. The minimum Gasteiger partial charge on any atom is -0.497 e. The van der Waals surface area contributed by atoms with Crippen molar-refractivity contribution in [2.75, 3.05) is 40.9 Å². The first kappa shape index (κ1) is 19.2. The highest BCUT2D eigenvalue weighted by atomic mass is 16.5. The van der Waals surface area contributed by atoms with Gasteiger partial charge >= 0.3 is 0 Å². The molecule has 2 atom stereocenters. The maximum absolute atomic E-state index is 12.4. The number of likely N-dealkylation sites (N-methyl/N-ethyl adjacent to an activating group) is 1. The van der Waals surface area contributed by atoms with Gasteiger partial charge in [0.15, 0.2) is 0 Å². The van der Waals surface area contributed by atoms with Crippen molar-refractivity contribution in [1.82, 2.24) is 15.1 Å². The second-order valence-electron chi connectivity index (χ2n) is 6.47. The van der Waals surface area contributed by atoms with E-state index < -0.39 is 0 Å². The lowest BCUT2D eigenvalue weighted by Gasteiger charge is -2.23. The van der Waals surface area contributed by atoms with E-state index in [1.165, 1.54) is 0 Å². The van der Waals surface area contributed by atoms with Crippen LogP contribution in [-0.4, -0.2) is 79.7 Å². The smallest absolute Gasteiger partial charge is 0.251 e. The molecule has 7 nitrogen and oxygen atoms in total. The van der Waals surface area contributed by atoms with Crippen molar-refractivity contribution in [3.8, 4) is 5.75 Å². The summed E-state index contributed by atoms with van der Waals surface area (Å²) in [6.45, 7) is 0.837. The first-order chi connectivity index (χ1) is 12.0. The average Bonchev–Trinajstić information content (AvgIpc) is 3.06. The fraction of sp³-hybridized carbons (Fsp3) is 0.556. The molecule has 1 aromatic rings. The van der Waals surface area contributed by atoms with E-state index in [1.807, 2.05) is 14.1 Å². The second-order valence-corrected chi connectivity index (χ2v) is 6.47. The minimum absolute atomic E-state index is 0.0355. The molecule has 1 aliphatic heterocycles. The number of methoxy groups -OCH3 is 1. The van der Waals surface area contributed by atoms with Gasteiger partial charge in [-0.1, -0.05) is 6.07 Å². The van der Waals surface area contributed by atoms with Gasteiger partial charge in [0.2, 0.25) is 5.91 Å². The maximum Gasteiger partial charge on any atom is 0.251 e. The van der Waals surface area contributed by atoms with E-state index in [1.54, 1.807) is 36.3 Å². The van der Waals surface area contributed by atoms with E-state index >= 15 is 0 Å². The van der Waals surface area contributed by atoms with Gasteiger partial charge in [0, 0.05) is 31.1 Å². The van der Waals surface area contributed by atoms with Crippen LogP contribution in [0.1, 0.15) is 23.2 Å². The van der Waals surface area contributed by atoms with Crippen molar-refractivity contribution in [3.63, 3.8) is 0 Å². The number of nitrogens with zero attached hydrogens (tertiary/aromatic N) is 2. The molecule has 138 valence electrons. The first-order valence-corrected chi connectivity index (χ1v) is 8.45. The van der Waals surface area contributed by atoms with Crippen molar-refractivity contribution in [2.24, 2.45) is 0 Å². The lowest BCUT2D eigenvalue weighted by Crippen LogP contribution is -2.40. The monoisotopic (exact) mass is 349 g/mol. The number of amides is 2. The minimum atomic E-state index is -0.238. The van der Waals surface area contributed by atoms with Crippen LogP contribution in [0.15, 0.2) is 24.3 Å². The molecule has 0 bridgehead atoms. The summed E-state index contributed by atoms with van der Waals surface area (Å²) in [4.78, 5) is 28.4. The van der Waals surface area contributed by atoms with E-state index in [2.05, 4.69) is 10.2 Å². The van der Waals surface area contributed by atoms with Gasteiger partial charge in [-0.05, 0) is 38.7 Å². The fourth-order valence-electron chi connectivity index (χ4n) is 3.04. The van der Waals surface area contributed by atoms with Crippen LogP contribution >= 0.6 is 0 Å². The standard InChI is InChI=1S/C18H27N3O4/c1-20(2)14-10-15(12-22)21(11-14)17(23)7-8-19-18(24)13-5-4-6-16(9-13)25-3/h4-6,9,14-15,22H,7-8,10-12H2,1-3H3,(H,19,24)/t14-,15+/m1/s1. The Hall–Kier alpha value is -2.12. The van der Waals surface area contributed by atoms with Crippen molar-refractivity contribution < 1.29 is 19.4 Å². The first-order valence-electron chi connectivity index (χ1n) is 8.45. The summed E-state index contributed by atoms with van der Waals surface area (Å²) in [7, 11) is 5.49. The summed E-state index contributed by atoms with van der Waals surface area (Å²) in [5.41, 5.74) is 0.494. The Morgan fingerprint density at radius 1 is 1.40 bits per heavy atom. The predicted octanol–water partition coefficient (Wildman–Crippen LogP) is 0.339. The van der Waals surface area contributed by atoms with E-state index in [0.717, 1.165) is 6.42 Å². The van der Waals surface area contributed by atoms with Crippen LogP contribution in [0.2, 0.25) is 0 Å². The zero-order valence-electron chi connectivity index (χ0n) is 15.1. The summed E-state index contributed by atoms with van der Waals surface area (Å²) >= 11 is 0. The molecule has 1 fully saturated rings. The summed E-state index contributed by atoms with van der Waals surface area (Å²) < 4.78 is 5.10. The zero-order valence-corrected chi connectivity index (χ0v) is 15.1. The Labute approximate surface area is 148 Å². The number of ether oxygens (including phenoxy) is 1. The van der Waals surface area contributed by atoms with Crippen molar-refractivity contribution >= 4 is 11.8 Å². The van der Waals surface area contributed by atoms with Crippen LogP contribution in [0.3, 0.4) is 0 Å². The van der Waals surface area contributed by atoms with E-state index in [4.69, 9.17) is 4.74 Å². The Bertz CT molecular complexity index is 606. The van der Waals surface area contributed by atoms with Crippen LogP contribution in [-0.2, 0) is 4.79 Å². The summed E-state index contributed by atoms with van der Waals surface area (Å²) in [6, 6.07) is 6.98. The van der Waals surface area contributed by atoms with Gasteiger partial charge in [-0.2, -0.15) is 0 Å². The molecule has 2 rings (SSSR count). The topological polar surface area (TPSA) is 82.1 Å². The number of nitrogens with one attached hydrogen (secondary N) is 1. The quantitative estimate of drug-likeness (QED) is 0.742. The summed E-state index contributed by atoms with van der Waals surface area (Å²) in [5.74, 6) is 0.327. The molecule has 0 saturated carbocycles. The maximum atomic E-state index is 12.4. The van der Waals surface area contributed by atoms with Crippen molar-refractivity contribution in [1.29, 1.82) is 0 Å². The highest BCUT2D eigenvalue weighted by Gasteiger charge is 2.35. The molecular weight excluding hydrogens is 322 g/mol. The number of likely N-dealkylation sites (tertiary alicyclic amines) is 1. The average molecular weight is 349 g/mol. The molecule has 0 spiro atoms. The number of carbonyl (C=O) groups excluding carboxylic acids is 2. The number of aliphatic hydroxyl groups is 1. The molecule has 0 aromatic heterocycles. The number of benzene rings is 1. The van der Waals surface area contributed by atoms with Crippen LogP contribution in [0.4, 0.5) is 0 Å². The SMILES string of the molecule is COc1cccc(C(=O)NCCC(=O)N2C[C@H](N(C)C)C[C@H]2CO)c1. The third-order valence-electron chi connectivity index (χ3n) is 4.61. The van der Waals surface area contributed by atoms with Gasteiger partial charge in [-0.15, -0.1) is 0 Å². The molecule has 2 N–H and O–H groups in total. The molecule has 1 aromatic carbocycles. The van der Waals surface area contributed by atoms with Gasteiger partial charge in [-0.25, -0.2) is 0 Å². The number of aliphatic hydroxyl groups excluding tert-OH is 1. The van der Waals surface area contributed by atoms with Gasteiger partial charge in [-0.3, -0.25) is 9.59 Å².